The lowest BCUT2D eigenvalue weighted by Crippen LogP contribution is -2.28. The summed E-state index contributed by atoms with van der Waals surface area (Å²) >= 11 is 7.10. The van der Waals surface area contributed by atoms with Crippen LogP contribution in [0.5, 0.6) is 0 Å². The summed E-state index contributed by atoms with van der Waals surface area (Å²) in [6.07, 6.45) is 1.57. The van der Waals surface area contributed by atoms with Crippen LogP contribution in [0.25, 0.3) is 11.4 Å². The Hall–Kier alpha value is -2.45. The molecule has 3 rings (SSSR count). The molecule has 0 fully saturated rings. The first-order valence-corrected chi connectivity index (χ1v) is 9.24. The largest absolute Gasteiger partial charge is 0.469 e. The fraction of sp³-hybridized carbons (Fsp3) is 0.235. The second-order valence-corrected chi connectivity index (χ2v) is 7.08. The minimum absolute atomic E-state index is 0.124. The zero-order valence-corrected chi connectivity index (χ0v) is 15.8. The summed E-state index contributed by atoms with van der Waals surface area (Å²) < 4.78 is 6.62. The maximum Gasteiger partial charge on any atom is 0.230 e. The number of aromatic nitrogens is 3. The molecule has 3 N–H and O–H groups in total. The number of carbonyl (C=O) groups is 1. The van der Waals surface area contributed by atoms with Crippen LogP contribution in [0, 0.1) is 6.92 Å². The van der Waals surface area contributed by atoms with Crippen LogP contribution in [-0.2, 0) is 4.79 Å². The smallest absolute Gasteiger partial charge is 0.230 e. The molecule has 136 valence electrons. The number of nitrogens with two attached hydrogens (primary N) is 1. The van der Waals surface area contributed by atoms with Crippen molar-refractivity contribution in [2.45, 2.75) is 25.0 Å². The first-order chi connectivity index (χ1) is 12.5. The molecule has 0 aliphatic heterocycles. The molecule has 0 aliphatic carbocycles. The van der Waals surface area contributed by atoms with Crippen molar-refractivity contribution >= 4 is 29.3 Å². The first kappa shape index (κ1) is 18.3. The third-order valence-corrected chi connectivity index (χ3v) is 5.04. The molecule has 1 atom stereocenters. The Morgan fingerprint density at radius 3 is 2.73 bits per heavy atom. The molecular weight excluding hydrogens is 374 g/mol. The molecule has 1 amide bonds. The third-order valence-electron chi connectivity index (χ3n) is 3.84. The minimum Gasteiger partial charge on any atom is -0.469 e. The molecule has 1 aromatic carbocycles. The summed E-state index contributed by atoms with van der Waals surface area (Å²) in [5, 5.41) is 12.2. The minimum atomic E-state index is -0.125. The molecule has 0 radical (unpaired) electrons. The van der Waals surface area contributed by atoms with Gasteiger partial charge in [-0.3, -0.25) is 4.79 Å². The second kappa shape index (κ2) is 7.84. The van der Waals surface area contributed by atoms with E-state index in [0.717, 1.165) is 11.1 Å². The topological polar surface area (TPSA) is 99.0 Å². The molecule has 0 saturated carbocycles. The number of furan rings is 1. The van der Waals surface area contributed by atoms with E-state index in [9.17, 15) is 4.79 Å². The molecule has 9 heteroatoms. The standard InChI is InChI=1S/C17H18ClN5O2S/c1-10(12-3-5-13(18)6-4-12)20-15(24)9-26-17-22-21-16(23(17)19)14-7-8-25-11(14)2/h3-8,10H,9,19H2,1-2H3,(H,20,24). The Morgan fingerprint density at radius 2 is 2.08 bits per heavy atom. The summed E-state index contributed by atoms with van der Waals surface area (Å²) in [5.74, 6) is 7.29. The quantitative estimate of drug-likeness (QED) is 0.494. The Bertz CT molecular complexity index is 906. The van der Waals surface area contributed by atoms with Crippen LogP contribution in [0.1, 0.15) is 24.3 Å². The van der Waals surface area contributed by atoms with Gasteiger partial charge in [-0.1, -0.05) is 35.5 Å². The van der Waals surface area contributed by atoms with Crippen LogP contribution >= 0.6 is 23.4 Å². The highest BCUT2D eigenvalue weighted by Crippen LogP contribution is 2.25. The Balaban J connectivity index is 1.59. The van der Waals surface area contributed by atoms with Crippen molar-refractivity contribution in [3.05, 3.63) is 52.9 Å². The lowest BCUT2D eigenvalue weighted by molar-refractivity contribution is -0.119. The number of halogens is 1. The van der Waals surface area contributed by atoms with Gasteiger partial charge in [-0.2, -0.15) is 0 Å². The maximum atomic E-state index is 12.2. The van der Waals surface area contributed by atoms with Gasteiger partial charge in [0, 0.05) is 5.02 Å². The van der Waals surface area contributed by atoms with Crippen molar-refractivity contribution in [1.82, 2.24) is 20.2 Å². The van der Waals surface area contributed by atoms with E-state index in [1.165, 1.54) is 16.4 Å². The highest BCUT2D eigenvalue weighted by atomic mass is 35.5. The number of hydrogen-bond acceptors (Lipinski definition) is 6. The van der Waals surface area contributed by atoms with E-state index in [2.05, 4.69) is 15.5 Å². The molecule has 2 aromatic heterocycles. The van der Waals surface area contributed by atoms with Crippen molar-refractivity contribution in [1.29, 1.82) is 0 Å². The van der Waals surface area contributed by atoms with E-state index in [1.54, 1.807) is 24.5 Å². The molecule has 0 aliphatic rings. The molecule has 0 spiro atoms. The number of rotatable bonds is 6. The summed E-state index contributed by atoms with van der Waals surface area (Å²) in [5.41, 5.74) is 1.75. The number of nitrogens with zero attached hydrogens (tertiary/aromatic N) is 3. The van der Waals surface area contributed by atoms with Gasteiger partial charge in [-0.15, -0.1) is 10.2 Å². The summed E-state index contributed by atoms with van der Waals surface area (Å²) in [4.78, 5) is 12.2. The molecule has 0 saturated heterocycles. The molecular formula is C17H18ClN5O2S. The van der Waals surface area contributed by atoms with Crippen LogP contribution in [0.2, 0.25) is 5.02 Å². The lowest BCUT2D eigenvalue weighted by Gasteiger charge is -2.14. The van der Waals surface area contributed by atoms with Gasteiger partial charge in [0.05, 0.1) is 23.6 Å². The second-order valence-electron chi connectivity index (χ2n) is 5.70. The van der Waals surface area contributed by atoms with E-state index in [0.29, 0.717) is 21.8 Å². The number of amides is 1. The molecule has 7 nitrogen and oxygen atoms in total. The maximum absolute atomic E-state index is 12.2. The highest BCUT2D eigenvalue weighted by Gasteiger charge is 2.17. The van der Waals surface area contributed by atoms with E-state index < -0.39 is 0 Å². The van der Waals surface area contributed by atoms with Gasteiger partial charge in [0.2, 0.25) is 11.1 Å². The summed E-state index contributed by atoms with van der Waals surface area (Å²) in [6, 6.07) is 9.01. The monoisotopic (exact) mass is 391 g/mol. The average Bonchev–Trinajstić information content (AvgIpc) is 3.19. The van der Waals surface area contributed by atoms with E-state index in [4.69, 9.17) is 21.9 Å². The lowest BCUT2D eigenvalue weighted by atomic mass is 10.1. The number of aryl methyl sites for hydroxylation is 1. The number of carbonyl (C=O) groups excluding carboxylic acids is 1. The predicted octanol–water partition coefficient (Wildman–Crippen LogP) is 3.18. The van der Waals surface area contributed by atoms with Crippen molar-refractivity contribution in [3.8, 4) is 11.4 Å². The van der Waals surface area contributed by atoms with Gasteiger partial charge >= 0.3 is 0 Å². The van der Waals surface area contributed by atoms with Crippen LogP contribution in [0.4, 0.5) is 0 Å². The normalized spacial score (nSPS) is 12.1. The molecule has 0 bridgehead atoms. The Labute approximate surface area is 159 Å². The van der Waals surface area contributed by atoms with E-state index in [1.807, 2.05) is 26.0 Å². The number of benzene rings is 1. The molecule has 3 aromatic rings. The molecule has 2 heterocycles. The zero-order valence-electron chi connectivity index (χ0n) is 14.3. The van der Waals surface area contributed by atoms with Crippen molar-refractivity contribution in [2.75, 3.05) is 11.6 Å². The van der Waals surface area contributed by atoms with Gasteiger partial charge in [0.15, 0.2) is 5.82 Å². The van der Waals surface area contributed by atoms with Gasteiger partial charge < -0.3 is 15.6 Å². The fourth-order valence-corrected chi connectivity index (χ4v) is 3.22. The first-order valence-electron chi connectivity index (χ1n) is 7.88. The van der Waals surface area contributed by atoms with Crippen LogP contribution in [0.3, 0.4) is 0 Å². The predicted molar refractivity (Wildman–Crippen MR) is 101 cm³/mol. The van der Waals surface area contributed by atoms with Crippen LogP contribution in [0.15, 0.2) is 46.2 Å². The fourth-order valence-electron chi connectivity index (χ4n) is 2.42. The Morgan fingerprint density at radius 1 is 1.35 bits per heavy atom. The van der Waals surface area contributed by atoms with Gasteiger partial charge in [-0.25, -0.2) is 4.68 Å². The SMILES string of the molecule is Cc1occc1-c1nnc(SCC(=O)NC(C)c2ccc(Cl)cc2)n1N. The summed E-state index contributed by atoms with van der Waals surface area (Å²) in [6.45, 7) is 3.74. The number of nitrogen functional groups attached to an aromatic ring is 1. The molecule has 26 heavy (non-hydrogen) atoms. The number of nitrogens with one attached hydrogen (secondary N) is 1. The van der Waals surface area contributed by atoms with Crippen LogP contribution < -0.4 is 11.2 Å². The summed E-state index contributed by atoms with van der Waals surface area (Å²) in [7, 11) is 0. The van der Waals surface area contributed by atoms with Gasteiger partial charge in [-0.05, 0) is 37.6 Å². The van der Waals surface area contributed by atoms with Gasteiger partial charge in [0.1, 0.15) is 5.76 Å². The van der Waals surface area contributed by atoms with Crippen LogP contribution in [-0.4, -0.2) is 26.5 Å². The van der Waals surface area contributed by atoms with Crippen molar-refractivity contribution in [3.63, 3.8) is 0 Å². The Kier molecular flexibility index (Phi) is 5.53. The number of thioether (sulfide) groups is 1. The third kappa shape index (κ3) is 4.03. The van der Waals surface area contributed by atoms with E-state index in [-0.39, 0.29) is 17.7 Å². The highest BCUT2D eigenvalue weighted by molar-refractivity contribution is 7.99. The van der Waals surface area contributed by atoms with Gasteiger partial charge in [0.25, 0.3) is 0 Å². The van der Waals surface area contributed by atoms with E-state index >= 15 is 0 Å². The average molecular weight is 392 g/mol. The van der Waals surface area contributed by atoms with Crippen molar-refractivity contribution in [2.24, 2.45) is 0 Å². The van der Waals surface area contributed by atoms with Crippen molar-refractivity contribution < 1.29 is 9.21 Å². The zero-order chi connectivity index (χ0) is 18.7. The number of hydrogen-bond donors (Lipinski definition) is 2. The molecule has 1 unspecified atom stereocenters.